The summed E-state index contributed by atoms with van der Waals surface area (Å²) in [5, 5.41) is 0.617. The molecule has 0 aromatic heterocycles. The lowest BCUT2D eigenvalue weighted by molar-refractivity contribution is -0.119. The second-order valence-electron chi connectivity index (χ2n) is 7.73. The van der Waals surface area contributed by atoms with Crippen LogP contribution in [0.2, 0.25) is 5.02 Å². The van der Waals surface area contributed by atoms with Crippen molar-refractivity contribution in [1.82, 2.24) is 4.90 Å². The first kappa shape index (κ1) is 25.8. The molecule has 2 N–H and O–H groups in total. The molecule has 0 aliphatic carbocycles. The highest BCUT2D eigenvalue weighted by Crippen LogP contribution is 2.35. The molecule has 8 heteroatoms. The number of ether oxygens (including phenoxy) is 2. The number of hydrogen-bond donors (Lipinski definition) is 1. The first-order valence-corrected chi connectivity index (χ1v) is 11.2. The van der Waals surface area contributed by atoms with Crippen LogP contribution in [-0.2, 0) is 9.53 Å². The highest BCUT2D eigenvalue weighted by molar-refractivity contribution is 6.30. The number of hydrogen-bond acceptors (Lipinski definition) is 5. The van der Waals surface area contributed by atoms with Crippen molar-refractivity contribution < 1.29 is 23.5 Å². The highest BCUT2D eigenvalue weighted by Gasteiger charge is 2.24. The van der Waals surface area contributed by atoms with Gasteiger partial charge in [0.2, 0.25) is 6.41 Å². The SMILES string of the molecule is COC(=O)c1ccc(C2C=C(c3cc(Cl)ccc3N)CCN2C=O)cc1.COc1ccc(F)cc1. The van der Waals surface area contributed by atoms with E-state index in [0.29, 0.717) is 35.0 Å². The molecule has 1 aliphatic heterocycles. The molecule has 0 saturated carbocycles. The number of anilines is 1. The van der Waals surface area contributed by atoms with Gasteiger partial charge in [-0.25, -0.2) is 9.18 Å². The molecule has 35 heavy (non-hydrogen) atoms. The molecule has 0 bridgehead atoms. The maximum atomic E-state index is 12.2. The number of nitrogens with two attached hydrogens (primary N) is 1. The lowest BCUT2D eigenvalue weighted by atomic mass is 9.91. The molecule has 1 amide bonds. The monoisotopic (exact) mass is 496 g/mol. The van der Waals surface area contributed by atoms with Gasteiger partial charge in [0.05, 0.1) is 25.8 Å². The van der Waals surface area contributed by atoms with E-state index in [1.165, 1.54) is 19.2 Å². The fourth-order valence-electron chi connectivity index (χ4n) is 3.70. The first-order chi connectivity index (χ1) is 16.9. The van der Waals surface area contributed by atoms with Gasteiger partial charge in [0, 0.05) is 22.8 Å². The van der Waals surface area contributed by atoms with Gasteiger partial charge in [-0.3, -0.25) is 4.79 Å². The molecule has 1 unspecified atom stereocenters. The smallest absolute Gasteiger partial charge is 0.337 e. The summed E-state index contributed by atoms with van der Waals surface area (Å²) in [5.41, 5.74) is 10.1. The fraction of sp³-hybridized carbons (Fsp3) is 0.185. The van der Waals surface area contributed by atoms with Crippen molar-refractivity contribution in [3.63, 3.8) is 0 Å². The van der Waals surface area contributed by atoms with Crippen molar-refractivity contribution in [2.24, 2.45) is 0 Å². The Labute approximate surface area is 208 Å². The van der Waals surface area contributed by atoms with Crippen molar-refractivity contribution in [3.05, 3.63) is 100 Å². The van der Waals surface area contributed by atoms with E-state index < -0.39 is 5.97 Å². The third kappa shape index (κ3) is 6.61. The summed E-state index contributed by atoms with van der Waals surface area (Å²) >= 11 is 6.11. The van der Waals surface area contributed by atoms with Crippen LogP contribution < -0.4 is 10.5 Å². The number of carbonyl (C=O) groups excluding carboxylic acids is 2. The van der Waals surface area contributed by atoms with E-state index >= 15 is 0 Å². The number of nitrogen functional groups attached to an aromatic ring is 1. The molecule has 3 aromatic rings. The Hall–Kier alpha value is -3.84. The Morgan fingerprint density at radius 1 is 1.09 bits per heavy atom. The third-order valence-corrected chi connectivity index (χ3v) is 5.81. The van der Waals surface area contributed by atoms with Crippen LogP contribution in [-0.4, -0.2) is 38.0 Å². The van der Waals surface area contributed by atoms with E-state index in [-0.39, 0.29) is 11.9 Å². The number of methoxy groups -OCH3 is 2. The maximum absolute atomic E-state index is 12.2. The van der Waals surface area contributed by atoms with E-state index in [1.54, 1.807) is 48.4 Å². The van der Waals surface area contributed by atoms with Crippen molar-refractivity contribution in [2.45, 2.75) is 12.5 Å². The highest BCUT2D eigenvalue weighted by atomic mass is 35.5. The summed E-state index contributed by atoms with van der Waals surface area (Å²) in [6.07, 6.45) is 3.56. The van der Waals surface area contributed by atoms with Crippen molar-refractivity contribution >= 4 is 35.2 Å². The molecule has 1 aliphatic rings. The Balaban J connectivity index is 0.000000320. The molecule has 0 radical (unpaired) electrons. The van der Waals surface area contributed by atoms with Gasteiger partial charge in [-0.15, -0.1) is 0 Å². The minimum Gasteiger partial charge on any atom is -0.497 e. The van der Waals surface area contributed by atoms with Gasteiger partial charge in [0.1, 0.15) is 11.6 Å². The van der Waals surface area contributed by atoms with Crippen molar-refractivity contribution in [3.8, 4) is 5.75 Å². The van der Waals surface area contributed by atoms with E-state index in [2.05, 4.69) is 0 Å². The number of benzene rings is 3. The average Bonchev–Trinajstić information content (AvgIpc) is 2.90. The van der Waals surface area contributed by atoms with Gasteiger partial charge in [-0.05, 0) is 72.2 Å². The number of esters is 1. The molecule has 1 heterocycles. The van der Waals surface area contributed by atoms with Crippen molar-refractivity contribution in [2.75, 3.05) is 26.5 Å². The second-order valence-corrected chi connectivity index (χ2v) is 8.17. The third-order valence-electron chi connectivity index (χ3n) is 5.58. The number of nitrogens with zero attached hydrogens (tertiary/aromatic N) is 1. The zero-order chi connectivity index (χ0) is 25.4. The maximum Gasteiger partial charge on any atom is 0.337 e. The molecule has 4 rings (SSSR count). The molecule has 0 spiro atoms. The average molecular weight is 497 g/mol. The van der Waals surface area contributed by atoms with Crippen LogP contribution in [0.25, 0.3) is 5.57 Å². The molecule has 1 atom stereocenters. The zero-order valence-corrected chi connectivity index (χ0v) is 20.2. The Morgan fingerprint density at radius 3 is 2.37 bits per heavy atom. The predicted molar refractivity (Wildman–Crippen MR) is 135 cm³/mol. The summed E-state index contributed by atoms with van der Waals surface area (Å²) in [7, 11) is 2.89. The normalized spacial score (nSPS) is 14.8. The Morgan fingerprint density at radius 2 is 1.77 bits per heavy atom. The predicted octanol–water partition coefficient (Wildman–Crippen LogP) is 5.53. The molecule has 0 fully saturated rings. The van der Waals surface area contributed by atoms with Gasteiger partial charge in [-0.2, -0.15) is 0 Å². The molecule has 3 aromatic carbocycles. The van der Waals surface area contributed by atoms with Gasteiger partial charge in [0.25, 0.3) is 0 Å². The van der Waals surface area contributed by atoms with Gasteiger partial charge < -0.3 is 20.1 Å². The lowest BCUT2D eigenvalue weighted by Crippen LogP contribution is -2.30. The quantitative estimate of drug-likeness (QED) is 0.285. The fourth-order valence-corrected chi connectivity index (χ4v) is 3.87. The van der Waals surface area contributed by atoms with Gasteiger partial charge in [-0.1, -0.05) is 29.8 Å². The largest absolute Gasteiger partial charge is 0.497 e. The van der Waals surface area contributed by atoms with Crippen LogP contribution in [0.4, 0.5) is 10.1 Å². The zero-order valence-electron chi connectivity index (χ0n) is 19.4. The summed E-state index contributed by atoms with van der Waals surface area (Å²) in [6.45, 7) is 0.574. The van der Waals surface area contributed by atoms with Crippen LogP contribution in [0, 0.1) is 5.82 Å². The number of rotatable bonds is 5. The van der Waals surface area contributed by atoms with Gasteiger partial charge in [0.15, 0.2) is 0 Å². The van der Waals surface area contributed by atoms with Crippen LogP contribution in [0.3, 0.4) is 0 Å². The molecule has 6 nitrogen and oxygen atoms in total. The van der Waals surface area contributed by atoms with Crippen LogP contribution in [0.15, 0.2) is 72.8 Å². The molecule has 182 valence electrons. The summed E-state index contributed by atoms with van der Waals surface area (Å²) in [6, 6.07) is 18.1. The van der Waals surface area contributed by atoms with Crippen LogP contribution in [0.1, 0.15) is 33.9 Å². The van der Waals surface area contributed by atoms with Crippen molar-refractivity contribution in [1.29, 1.82) is 0 Å². The summed E-state index contributed by atoms with van der Waals surface area (Å²) in [4.78, 5) is 24.8. The summed E-state index contributed by atoms with van der Waals surface area (Å²) < 4.78 is 21.7. The lowest BCUT2D eigenvalue weighted by Gasteiger charge is -2.32. The number of halogens is 2. The molecular weight excluding hydrogens is 471 g/mol. The topological polar surface area (TPSA) is 81.9 Å². The standard InChI is InChI=1S/C20H19ClN2O3.C7H7FO/c1-26-20(25)14-4-2-13(3-5-14)19-10-15(8-9-23(19)12-24)17-11-16(21)6-7-18(17)22;1-9-7-4-2-6(8)3-5-7/h2-7,10-12,19H,8-9,22H2,1H3;2-5H,1H3. The number of carbonyl (C=O) groups is 2. The van der Waals surface area contributed by atoms with Gasteiger partial charge >= 0.3 is 5.97 Å². The van der Waals surface area contributed by atoms with E-state index in [4.69, 9.17) is 26.8 Å². The van der Waals surface area contributed by atoms with E-state index in [1.807, 2.05) is 24.3 Å². The van der Waals surface area contributed by atoms with Crippen LogP contribution >= 0.6 is 11.6 Å². The molecule has 0 saturated heterocycles. The van der Waals surface area contributed by atoms with E-state index in [0.717, 1.165) is 23.1 Å². The molecular formula is C27H26ClFN2O4. The number of amides is 1. The Bertz CT molecular complexity index is 1200. The summed E-state index contributed by atoms with van der Waals surface area (Å²) in [5.74, 6) is 0.0440. The Kier molecular flexibility index (Phi) is 8.86. The second kappa shape index (κ2) is 12.0. The minimum absolute atomic E-state index is 0.235. The van der Waals surface area contributed by atoms with Crippen LogP contribution in [0.5, 0.6) is 5.75 Å². The first-order valence-electron chi connectivity index (χ1n) is 10.8. The minimum atomic E-state index is -0.393. The van der Waals surface area contributed by atoms with E-state index in [9.17, 15) is 14.0 Å².